The van der Waals surface area contributed by atoms with Crippen molar-refractivity contribution in [2.75, 3.05) is 0 Å². The Morgan fingerprint density at radius 1 is 1.00 bits per heavy atom. The Morgan fingerprint density at radius 2 is 1.80 bits per heavy atom. The first kappa shape index (κ1) is 8.42. The predicted molar refractivity (Wildman–Crippen MR) is 62.6 cm³/mol. The van der Waals surface area contributed by atoms with Gasteiger partial charge in [-0.15, -0.1) is 0 Å². The molecular formula is C14H11N. The van der Waals surface area contributed by atoms with Crippen molar-refractivity contribution in [1.82, 2.24) is 0 Å². The summed E-state index contributed by atoms with van der Waals surface area (Å²) in [5, 5.41) is 2.08. The number of fused-ring (bicyclic) bond motifs is 3. The maximum Gasteiger partial charge on any atom is 0.0785 e. The molecule has 0 aliphatic carbocycles. The Kier molecular flexibility index (Phi) is 1.57. The van der Waals surface area contributed by atoms with Crippen molar-refractivity contribution in [2.45, 2.75) is 6.92 Å². The normalized spacial score (nSPS) is 11.8. The van der Waals surface area contributed by atoms with Crippen LogP contribution in [-0.2, 0) is 0 Å². The van der Waals surface area contributed by atoms with Crippen LogP contribution in [0.4, 0.5) is 5.69 Å². The van der Waals surface area contributed by atoms with Crippen molar-refractivity contribution in [2.24, 2.45) is 4.99 Å². The van der Waals surface area contributed by atoms with Crippen LogP contribution >= 0.6 is 0 Å². The van der Waals surface area contributed by atoms with E-state index in [0.717, 1.165) is 16.3 Å². The van der Waals surface area contributed by atoms with Crippen molar-refractivity contribution in [3.8, 4) is 11.1 Å². The third-order valence-corrected chi connectivity index (χ3v) is 2.94. The summed E-state index contributed by atoms with van der Waals surface area (Å²) in [7, 11) is 0. The molecule has 0 bridgehead atoms. The average Bonchev–Trinajstić information content (AvgIpc) is 2.63. The Morgan fingerprint density at radius 3 is 2.67 bits per heavy atom. The topological polar surface area (TPSA) is 12.4 Å². The molecule has 2 aromatic carbocycles. The SMILES string of the molecule is C=c1c(C)ccc2c1=Nc1ccccc1-2. The van der Waals surface area contributed by atoms with Crippen LogP contribution in [0.25, 0.3) is 17.7 Å². The van der Waals surface area contributed by atoms with Crippen LogP contribution in [0.2, 0.25) is 0 Å². The number of nitrogens with zero attached hydrogens (tertiary/aromatic N) is 1. The number of rotatable bonds is 0. The fourth-order valence-electron chi connectivity index (χ4n) is 2.00. The molecule has 0 atom stereocenters. The summed E-state index contributed by atoms with van der Waals surface area (Å²) in [6.45, 7) is 6.15. The second-order valence-electron chi connectivity index (χ2n) is 3.89. The van der Waals surface area contributed by atoms with E-state index in [-0.39, 0.29) is 0 Å². The van der Waals surface area contributed by atoms with Crippen LogP contribution in [0.15, 0.2) is 41.4 Å². The summed E-state index contributed by atoms with van der Waals surface area (Å²) < 4.78 is 0. The van der Waals surface area contributed by atoms with Gasteiger partial charge in [-0.05, 0) is 23.8 Å². The zero-order valence-electron chi connectivity index (χ0n) is 8.62. The molecule has 0 N–H and O–H groups in total. The minimum Gasteiger partial charge on any atom is -0.247 e. The van der Waals surface area contributed by atoms with Gasteiger partial charge in [0.1, 0.15) is 0 Å². The first-order chi connectivity index (χ1) is 7.27. The van der Waals surface area contributed by atoms with Gasteiger partial charge in [0.25, 0.3) is 0 Å². The highest BCUT2D eigenvalue weighted by atomic mass is 14.8. The Hall–Kier alpha value is -1.89. The first-order valence-electron chi connectivity index (χ1n) is 5.04. The lowest BCUT2D eigenvalue weighted by atomic mass is 10.0. The largest absolute Gasteiger partial charge is 0.247 e. The number of hydrogen-bond donors (Lipinski definition) is 0. The van der Waals surface area contributed by atoms with Gasteiger partial charge in [-0.25, -0.2) is 4.99 Å². The van der Waals surface area contributed by atoms with E-state index in [2.05, 4.69) is 36.7 Å². The van der Waals surface area contributed by atoms with Crippen molar-refractivity contribution < 1.29 is 0 Å². The predicted octanol–water partition coefficient (Wildman–Crippen LogP) is 2.34. The summed E-state index contributed by atoms with van der Waals surface area (Å²) in [4.78, 5) is 4.61. The molecule has 2 aromatic rings. The molecule has 1 aliphatic rings. The van der Waals surface area contributed by atoms with E-state index in [1.165, 1.54) is 16.7 Å². The van der Waals surface area contributed by atoms with Crippen LogP contribution in [0.3, 0.4) is 0 Å². The van der Waals surface area contributed by atoms with E-state index in [1.54, 1.807) is 0 Å². The molecule has 0 fully saturated rings. The van der Waals surface area contributed by atoms with Crippen LogP contribution in [0.1, 0.15) is 5.56 Å². The zero-order valence-corrected chi connectivity index (χ0v) is 8.62. The van der Waals surface area contributed by atoms with E-state index >= 15 is 0 Å². The Labute approximate surface area is 88.4 Å². The lowest BCUT2D eigenvalue weighted by Gasteiger charge is -1.99. The quantitative estimate of drug-likeness (QED) is 0.519. The van der Waals surface area contributed by atoms with Crippen molar-refractivity contribution in [3.63, 3.8) is 0 Å². The van der Waals surface area contributed by atoms with Crippen molar-refractivity contribution >= 4 is 12.3 Å². The molecule has 0 saturated carbocycles. The highest BCUT2D eigenvalue weighted by molar-refractivity contribution is 5.79. The van der Waals surface area contributed by atoms with Crippen LogP contribution in [0, 0.1) is 6.92 Å². The second kappa shape index (κ2) is 2.80. The minimum absolute atomic E-state index is 1.04. The molecule has 1 heteroatoms. The zero-order chi connectivity index (χ0) is 10.4. The van der Waals surface area contributed by atoms with Gasteiger partial charge < -0.3 is 0 Å². The number of para-hydroxylation sites is 1. The van der Waals surface area contributed by atoms with Gasteiger partial charge >= 0.3 is 0 Å². The Balaban J connectivity index is 2.48. The van der Waals surface area contributed by atoms with E-state index in [1.807, 2.05) is 18.2 Å². The average molecular weight is 193 g/mol. The summed E-state index contributed by atoms with van der Waals surface area (Å²) in [5.41, 5.74) is 4.69. The molecule has 0 saturated heterocycles. The lowest BCUT2D eigenvalue weighted by Crippen LogP contribution is -2.26. The fraction of sp³-hybridized carbons (Fsp3) is 0.0714. The van der Waals surface area contributed by atoms with Crippen LogP contribution in [0.5, 0.6) is 0 Å². The first-order valence-corrected chi connectivity index (χ1v) is 5.04. The molecule has 0 unspecified atom stereocenters. The molecule has 1 aliphatic heterocycles. The van der Waals surface area contributed by atoms with Crippen LogP contribution < -0.4 is 10.6 Å². The third-order valence-electron chi connectivity index (χ3n) is 2.94. The van der Waals surface area contributed by atoms with E-state index in [0.29, 0.717) is 0 Å². The summed E-state index contributed by atoms with van der Waals surface area (Å²) in [6, 6.07) is 12.5. The molecule has 1 nitrogen and oxygen atoms in total. The molecule has 0 aromatic heterocycles. The molecule has 0 radical (unpaired) electrons. The number of aryl methyl sites for hydroxylation is 1. The van der Waals surface area contributed by atoms with Gasteiger partial charge in [0.15, 0.2) is 0 Å². The van der Waals surface area contributed by atoms with Crippen molar-refractivity contribution in [3.05, 3.63) is 52.5 Å². The Bertz CT molecular complexity index is 654. The molecule has 0 amide bonds. The third kappa shape index (κ3) is 1.06. The monoisotopic (exact) mass is 193 g/mol. The van der Waals surface area contributed by atoms with Gasteiger partial charge in [0, 0.05) is 11.1 Å². The maximum atomic E-state index is 4.61. The maximum absolute atomic E-state index is 4.61. The summed E-state index contributed by atoms with van der Waals surface area (Å²) in [5.74, 6) is 0. The highest BCUT2D eigenvalue weighted by Crippen LogP contribution is 2.30. The van der Waals surface area contributed by atoms with Gasteiger partial charge in [0.2, 0.25) is 0 Å². The molecule has 72 valence electrons. The smallest absolute Gasteiger partial charge is 0.0785 e. The van der Waals surface area contributed by atoms with Gasteiger partial charge in [0.05, 0.1) is 11.0 Å². The number of hydrogen-bond acceptors (Lipinski definition) is 1. The van der Waals surface area contributed by atoms with E-state index in [4.69, 9.17) is 0 Å². The highest BCUT2D eigenvalue weighted by Gasteiger charge is 2.12. The molecular weight excluding hydrogens is 182 g/mol. The fourth-order valence-corrected chi connectivity index (χ4v) is 2.00. The minimum atomic E-state index is 1.04. The molecule has 0 spiro atoms. The molecule has 1 heterocycles. The summed E-state index contributed by atoms with van der Waals surface area (Å²) in [6.07, 6.45) is 0. The van der Waals surface area contributed by atoms with Gasteiger partial charge in [-0.1, -0.05) is 36.9 Å². The van der Waals surface area contributed by atoms with Crippen LogP contribution in [-0.4, -0.2) is 0 Å². The van der Waals surface area contributed by atoms with Crippen molar-refractivity contribution in [1.29, 1.82) is 0 Å². The van der Waals surface area contributed by atoms with Gasteiger partial charge in [-0.3, -0.25) is 0 Å². The standard InChI is InChI=1S/C14H11N/c1-9-7-8-12-11-5-3-4-6-13(11)15-14(12)10(9)2/h3-8H,2H2,1H3. The molecule has 3 rings (SSSR count). The van der Waals surface area contributed by atoms with E-state index in [9.17, 15) is 0 Å². The summed E-state index contributed by atoms with van der Waals surface area (Å²) >= 11 is 0. The van der Waals surface area contributed by atoms with Gasteiger partial charge in [-0.2, -0.15) is 0 Å². The lowest BCUT2D eigenvalue weighted by molar-refractivity contribution is 1.31. The second-order valence-corrected chi connectivity index (χ2v) is 3.89. The van der Waals surface area contributed by atoms with E-state index < -0.39 is 0 Å². The molecule has 15 heavy (non-hydrogen) atoms. The number of benzene rings is 2.